The van der Waals surface area contributed by atoms with E-state index in [1.165, 1.54) is 0 Å². The number of benzene rings is 1. The Balaban J connectivity index is 2.33. The first kappa shape index (κ1) is 17.5. The fraction of sp³-hybridized carbons (Fsp3) is 0.167. The first-order chi connectivity index (χ1) is 10.5. The summed E-state index contributed by atoms with van der Waals surface area (Å²) in [4.78, 5) is 14.2. The van der Waals surface area contributed by atoms with E-state index in [0.717, 1.165) is 11.6 Å². The van der Waals surface area contributed by atoms with Crippen molar-refractivity contribution in [2.45, 2.75) is 12.4 Å². The van der Waals surface area contributed by atoms with Crippen LogP contribution in [-0.4, -0.2) is 10.9 Å². The summed E-state index contributed by atoms with van der Waals surface area (Å²) in [6.45, 7) is 0. The minimum absolute atomic E-state index is 0.246. The van der Waals surface area contributed by atoms with Crippen LogP contribution in [0.1, 0.15) is 20.9 Å². The van der Waals surface area contributed by atoms with Gasteiger partial charge < -0.3 is 5.32 Å². The number of hydrogen-bond acceptors (Lipinski definition) is 3. The largest absolute Gasteiger partial charge is 0.434 e. The van der Waals surface area contributed by atoms with E-state index in [2.05, 4.69) is 4.98 Å². The van der Waals surface area contributed by atoms with Gasteiger partial charge in [0.2, 0.25) is 0 Å². The van der Waals surface area contributed by atoms with Crippen molar-refractivity contribution in [2.24, 2.45) is 0 Å². The molecule has 0 unspecified atom stereocenters. The van der Waals surface area contributed by atoms with E-state index in [1.54, 1.807) is 0 Å². The molecule has 0 radical (unpaired) electrons. The Morgan fingerprint density at radius 2 is 1.78 bits per heavy atom. The van der Waals surface area contributed by atoms with Crippen molar-refractivity contribution in [3.05, 3.63) is 44.9 Å². The lowest BCUT2D eigenvalue weighted by Crippen LogP contribution is -2.18. The smallest absolute Gasteiger partial charge is 0.320 e. The summed E-state index contributed by atoms with van der Waals surface area (Å²) in [5.74, 6) is -1.25. The van der Waals surface area contributed by atoms with E-state index >= 15 is 0 Å². The molecule has 0 aliphatic heterocycles. The Bertz CT molecular complexity index is 740. The number of anilines is 1. The minimum Gasteiger partial charge on any atom is -0.320 e. The van der Waals surface area contributed by atoms with Crippen LogP contribution in [0.5, 0.6) is 0 Å². The third-order valence-corrected chi connectivity index (χ3v) is 3.74. The number of alkyl halides is 6. The first-order valence-electron chi connectivity index (χ1n) is 5.69. The van der Waals surface area contributed by atoms with Crippen LogP contribution in [0, 0.1) is 0 Å². The molecular formula is C12H5ClF6N2OS. The second kappa shape index (κ2) is 6.00. The van der Waals surface area contributed by atoms with Crippen molar-refractivity contribution >= 4 is 34.5 Å². The van der Waals surface area contributed by atoms with Crippen LogP contribution in [0.2, 0.25) is 5.02 Å². The molecule has 2 rings (SSSR count). The van der Waals surface area contributed by atoms with Crippen LogP contribution < -0.4 is 5.32 Å². The molecule has 11 heteroatoms. The van der Waals surface area contributed by atoms with Gasteiger partial charge in [-0.3, -0.25) is 4.79 Å². The van der Waals surface area contributed by atoms with Crippen molar-refractivity contribution < 1.29 is 31.1 Å². The van der Waals surface area contributed by atoms with Gasteiger partial charge >= 0.3 is 12.4 Å². The molecule has 0 aliphatic rings. The summed E-state index contributed by atoms with van der Waals surface area (Å²) >= 11 is 6.08. The molecule has 1 N–H and O–H groups in total. The highest BCUT2D eigenvalue weighted by Crippen LogP contribution is 2.36. The fourth-order valence-corrected chi connectivity index (χ4v) is 2.45. The highest BCUT2D eigenvalue weighted by molar-refractivity contribution is 7.12. The zero-order valence-corrected chi connectivity index (χ0v) is 12.3. The van der Waals surface area contributed by atoms with Crippen LogP contribution in [0.25, 0.3) is 0 Å². The normalized spacial score (nSPS) is 12.3. The molecule has 2 aromatic rings. The van der Waals surface area contributed by atoms with Gasteiger partial charge in [-0.1, -0.05) is 11.6 Å². The summed E-state index contributed by atoms with van der Waals surface area (Å²) in [6, 6.07) is 2.11. The summed E-state index contributed by atoms with van der Waals surface area (Å²) in [5.41, 5.74) is -2.15. The molecule has 3 nitrogen and oxygen atoms in total. The van der Waals surface area contributed by atoms with Crippen LogP contribution in [0.3, 0.4) is 0 Å². The zero-order chi connectivity index (χ0) is 17.4. The van der Waals surface area contributed by atoms with Crippen molar-refractivity contribution in [1.29, 1.82) is 0 Å². The standard InChI is InChI=1S/C12H5ClF6N2OS/c13-6-2-1-5(11(14,15)16)3-7(6)21-10(22)8-9(12(17,18)19)20-4-23-8/h1-4H,(H,21,22). The Kier molecular flexibility index (Phi) is 4.58. The number of carbonyl (C=O) groups is 1. The number of halogens is 7. The van der Waals surface area contributed by atoms with Crippen LogP contribution >= 0.6 is 22.9 Å². The lowest BCUT2D eigenvalue weighted by molar-refractivity contribution is -0.141. The molecule has 1 amide bonds. The molecule has 0 bridgehead atoms. The first-order valence-corrected chi connectivity index (χ1v) is 6.94. The number of rotatable bonds is 2. The molecule has 1 heterocycles. The van der Waals surface area contributed by atoms with E-state index in [0.29, 0.717) is 23.5 Å². The van der Waals surface area contributed by atoms with Crippen LogP contribution in [0.4, 0.5) is 32.0 Å². The van der Waals surface area contributed by atoms with Gasteiger partial charge in [0.05, 0.1) is 21.8 Å². The Morgan fingerprint density at radius 1 is 1.13 bits per heavy atom. The lowest BCUT2D eigenvalue weighted by Gasteiger charge is -2.12. The van der Waals surface area contributed by atoms with E-state index in [9.17, 15) is 31.1 Å². The number of carbonyl (C=O) groups excluding carboxylic acids is 1. The third-order valence-electron chi connectivity index (χ3n) is 2.58. The molecule has 23 heavy (non-hydrogen) atoms. The number of hydrogen-bond donors (Lipinski definition) is 1. The van der Waals surface area contributed by atoms with E-state index < -0.39 is 40.1 Å². The highest BCUT2D eigenvalue weighted by atomic mass is 35.5. The molecule has 1 aromatic heterocycles. The SMILES string of the molecule is O=C(Nc1cc(C(F)(F)F)ccc1Cl)c1scnc1C(F)(F)F. The maximum absolute atomic E-state index is 12.7. The predicted octanol–water partition coefficient (Wildman–Crippen LogP) is 5.09. The molecule has 124 valence electrons. The molecule has 0 saturated carbocycles. The number of aromatic nitrogens is 1. The number of nitrogens with one attached hydrogen (secondary N) is 1. The van der Waals surface area contributed by atoms with E-state index in [-0.39, 0.29) is 5.02 Å². The van der Waals surface area contributed by atoms with Gasteiger partial charge in [-0.15, -0.1) is 11.3 Å². The van der Waals surface area contributed by atoms with Crippen LogP contribution in [0.15, 0.2) is 23.7 Å². The molecule has 0 saturated heterocycles. The second-order valence-corrected chi connectivity index (χ2v) is 5.44. The quantitative estimate of drug-likeness (QED) is 0.744. The Labute approximate surface area is 133 Å². The summed E-state index contributed by atoms with van der Waals surface area (Å²) in [7, 11) is 0. The van der Waals surface area contributed by atoms with Crippen molar-refractivity contribution in [2.75, 3.05) is 5.32 Å². The highest BCUT2D eigenvalue weighted by Gasteiger charge is 2.38. The number of thiazole rings is 1. The molecular weight excluding hydrogens is 370 g/mol. The number of nitrogens with zero attached hydrogens (tertiary/aromatic N) is 1. The monoisotopic (exact) mass is 374 g/mol. The summed E-state index contributed by atoms with van der Waals surface area (Å²) in [6.07, 6.45) is -9.55. The second-order valence-electron chi connectivity index (χ2n) is 4.17. The van der Waals surface area contributed by atoms with E-state index in [4.69, 9.17) is 11.6 Å². The Hall–Kier alpha value is -1.81. The van der Waals surface area contributed by atoms with Gasteiger partial charge in [-0.2, -0.15) is 26.3 Å². The molecule has 0 atom stereocenters. The topological polar surface area (TPSA) is 42.0 Å². The summed E-state index contributed by atoms with van der Waals surface area (Å²) < 4.78 is 75.9. The van der Waals surface area contributed by atoms with Gasteiger partial charge in [-0.25, -0.2) is 4.98 Å². The van der Waals surface area contributed by atoms with Crippen LogP contribution in [-0.2, 0) is 12.4 Å². The minimum atomic E-state index is -4.86. The maximum Gasteiger partial charge on any atom is 0.434 e. The van der Waals surface area contributed by atoms with Gasteiger partial charge in [0.25, 0.3) is 5.91 Å². The average molecular weight is 375 g/mol. The van der Waals surface area contributed by atoms with Crippen molar-refractivity contribution in [3.8, 4) is 0 Å². The molecule has 1 aromatic carbocycles. The molecule has 0 aliphatic carbocycles. The van der Waals surface area contributed by atoms with Gasteiger partial charge in [0.1, 0.15) is 4.88 Å². The predicted molar refractivity (Wildman–Crippen MR) is 71.5 cm³/mol. The zero-order valence-electron chi connectivity index (χ0n) is 10.7. The number of amides is 1. The van der Waals surface area contributed by atoms with Gasteiger partial charge in [0.15, 0.2) is 5.69 Å². The van der Waals surface area contributed by atoms with Crippen molar-refractivity contribution in [1.82, 2.24) is 4.98 Å². The average Bonchev–Trinajstić information content (AvgIpc) is 2.89. The summed E-state index contributed by atoms with van der Waals surface area (Å²) in [5, 5.41) is 1.69. The molecule has 0 spiro atoms. The van der Waals surface area contributed by atoms with E-state index in [1.807, 2.05) is 5.32 Å². The maximum atomic E-state index is 12.7. The van der Waals surface area contributed by atoms with Gasteiger partial charge in [0, 0.05) is 0 Å². The molecule has 0 fully saturated rings. The fourth-order valence-electron chi connectivity index (χ4n) is 1.59. The van der Waals surface area contributed by atoms with Gasteiger partial charge in [-0.05, 0) is 18.2 Å². The Morgan fingerprint density at radius 3 is 2.35 bits per heavy atom. The lowest BCUT2D eigenvalue weighted by atomic mass is 10.2. The third kappa shape index (κ3) is 3.94. The van der Waals surface area contributed by atoms with Crippen molar-refractivity contribution in [3.63, 3.8) is 0 Å².